The summed E-state index contributed by atoms with van der Waals surface area (Å²) < 4.78 is 27.3. The molecule has 2 aromatic rings. The van der Waals surface area contributed by atoms with E-state index in [0.29, 0.717) is 22.3 Å². The lowest BCUT2D eigenvalue weighted by atomic mass is 10.4. The van der Waals surface area contributed by atoms with Gasteiger partial charge in [0.1, 0.15) is 10.0 Å². The molecule has 0 aromatic carbocycles. The van der Waals surface area contributed by atoms with E-state index in [4.69, 9.17) is 0 Å². The first-order valence-corrected chi connectivity index (χ1v) is 8.77. The van der Waals surface area contributed by atoms with Gasteiger partial charge in [0.15, 0.2) is 0 Å². The molecule has 0 aliphatic heterocycles. The topological polar surface area (TPSA) is 71.1 Å². The smallest absolute Gasteiger partial charge is 0.271 e. The summed E-state index contributed by atoms with van der Waals surface area (Å²) in [6.07, 6.45) is 4.03. The van der Waals surface area contributed by atoms with Crippen molar-refractivity contribution in [3.63, 3.8) is 0 Å². The van der Waals surface area contributed by atoms with Crippen LogP contribution in [0.4, 0.5) is 11.5 Å². The molecule has 0 saturated heterocycles. The molecule has 0 unspecified atom stereocenters. The largest absolute Gasteiger partial charge is 0.367 e. The van der Waals surface area contributed by atoms with Gasteiger partial charge in [-0.1, -0.05) is 13.0 Å². The van der Waals surface area contributed by atoms with Crippen LogP contribution in [0.3, 0.4) is 0 Å². The predicted molar refractivity (Wildman–Crippen MR) is 87.4 cm³/mol. The van der Waals surface area contributed by atoms with Crippen molar-refractivity contribution in [3.8, 4) is 0 Å². The van der Waals surface area contributed by atoms with Crippen LogP contribution in [0.2, 0.25) is 0 Å². The van der Waals surface area contributed by atoms with Crippen LogP contribution in [0.25, 0.3) is 0 Å². The number of rotatable bonds is 7. The number of nitrogens with one attached hydrogen (secondary N) is 2. The highest BCUT2D eigenvalue weighted by Crippen LogP contribution is 2.24. The Balaban J connectivity index is 2.11. The van der Waals surface area contributed by atoms with Gasteiger partial charge in [-0.25, -0.2) is 13.4 Å². The van der Waals surface area contributed by atoms with E-state index < -0.39 is 10.0 Å². The van der Waals surface area contributed by atoms with Gasteiger partial charge in [0.25, 0.3) is 10.0 Å². The Kier molecular flexibility index (Phi) is 4.98. The number of aryl methyl sites for hydroxylation is 1. The van der Waals surface area contributed by atoms with E-state index in [9.17, 15) is 8.42 Å². The Labute approximate surface area is 128 Å². The van der Waals surface area contributed by atoms with Crippen LogP contribution < -0.4 is 10.0 Å². The number of hydrogen-bond donors (Lipinski definition) is 2. The molecule has 7 heteroatoms. The monoisotopic (exact) mass is 323 g/mol. The van der Waals surface area contributed by atoms with Crippen molar-refractivity contribution in [3.05, 3.63) is 48.0 Å². The van der Waals surface area contributed by atoms with Crippen molar-refractivity contribution >= 4 is 32.9 Å². The molecular weight excluding hydrogens is 306 g/mol. The number of nitrogens with zero attached hydrogens (tertiary/aromatic N) is 1. The molecule has 112 valence electrons. The van der Waals surface area contributed by atoms with Crippen LogP contribution in [0.15, 0.2) is 47.3 Å². The second kappa shape index (κ2) is 6.73. The normalized spacial score (nSPS) is 11.1. The summed E-state index contributed by atoms with van der Waals surface area (Å²) in [6.45, 7) is 6.20. The first-order valence-electron chi connectivity index (χ1n) is 6.47. The number of sulfonamides is 1. The van der Waals surface area contributed by atoms with Crippen LogP contribution in [0, 0.1) is 0 Å². The third-order valence-electron chi connectivity index (χ3n) is 2.69. The minimum absolute atomic E-state index is 0.313. The van der Waals surface area contributed by atoms with Gasteiger partial charge in [0, 0.05) is 11.4 Å². The fourth-order valence-electron chi connectivity index (χ4n) is 1.63. The van der Waals surface area contributed by atoms with Crippen LogP contribution in [0.1, 0.15) is 11.8 Å². The van der Waals surface area contributed by atoms with Crippen LogP contribution in [-0.2, 0) is 16.4 Å². The van der Waals surface area contributed by atoms with Crippen LogP contribution in [-0.4, -0.2) is 19.9 Å². The van der Waals surface area contributed by atoms with Crippen molar-refractivity contribution in [2.24, 2.45) is 0 Å². The highest BCUT2D eigenvalue weighted by molar-refractivity contribution is 7.94. The van der Waals surface area contributed by atoms with Crippen LogP contribution in [0.5, 0.6) is 0 Å². The predicted octanol–water partition coefficient (Wildman–Crippen LogP) is 3.10. The first-order chi connectivity index (χ1) is 10.0. The Morgan fingerprint density at radius 2 is 2.14 bits per heavy atom. The van der Waals surface area contributed by atoms with E-state index in [-0.39, 0.29) is 0 Å². The van der Waals surface area contributed by atoms with Crippen molar-refractivity contribution in [1.82, 2.24) is 4.98 Å². The van der Waals surface area contributed by atoms with Crippen molar-refractivity contribution in [1.29, 1.82) is 0 Å². The maximum absolute atomic E-state index is 12.2. The van der Waals surface area contributed by atoms with E-state index in [2.05, 4.69) is 21.6 Å². The molecule has 0 atom stereocenters. The summed E-state index contributed by atoms with van der Waals surface area (Å²) in [5.41, 5.74) is 0.436. The van der Waals surface area contributed by atoms with E-state index in [1.165, 1.54) is 17.5 Å². The summed E-state index contributed by atoms with van der Waals surface area (Å²) in [4.78, 5) is 5.17. The Hall–Kier alpha value is -1.86. The average Bonchev–Trinajstić information content (AvgIpc) is 2.96. The SMILES string of the molecule is C=CCNc1ccc(NS(=O)(=O)c2ccc(CC)s2)cn1. The molecule has 0 fully saturated rings. The minimum atomic E-state index is -3.54. The molecule has 0 bridgehead atoms. The molecule has 0 amide bonds. The van der Waals surface area contributed by atoms with Crippen molar-refractivity contribution < 1.29 is 8.42 Å². The molecule has 0 radical (unpaired) electrons. The molecular formula is C14H17N3O2S2. The Morgan fingerprint density at radius 3 is 2.71 bits per heavy atom. The second-order valence-electron chi connectivity index (χ2n) is 4.28. The molecule has 2 aromatic heterocycles. The zero-order valence-electron chi connectivity index (χ0n) is 11.7. The molecule has 2 rings (SSSR count). The van der Waals surface area contributed by atoms with E-state index in [1.807, 2.05) is 13.0 Å². The van der Waals surface area contributed by atoms with Gasteiger partial charge in [-0.2, -0.15) is 0 Å². The number of aromatic nitrogens is 1. The molecule has 0 aliphatic rings. The fourth-order valence-corrected chi connectivity index (χ4v) is 3.97. The molecule has 5 nitrogen and oxygen atoms in total. The third-order valence-corrected chi connectivity index (χ3v) is 5.80. The maximum atomic E-state index is 12.2. The van der Waals surface area contributed by atoms with Gasteiger partial charge in [-0.15, -0.1) is 17.9 Å². The highest BCUT2D eigenvalue weighted by Gasteiger charge is 2.16. The number of pyridine rings is 1. The minimum Gasteiger partial charge on any atom is -0.367 e. The second-order valence-corrected chi connectivity index (χ2v) is 7.36. The van der Waals surface area contributed by atoms with Gasteiger partial charge in [-0.3, -0.25) is 4.72 Å². The summed E-state index contributed by atoms with van der Waals surface area (Å²) >= 11 is 1.28. The van der Waals surface area contributed by atoms with Gasteiger partial charge in [0.2, 0.25) is 0 Å². The first kappa shape index (κ1) is 15.5. The van der Waals surface area contributed by atoms with Crippen molar-refractivity contribution in [2.75, 3.05) is 16.6 Å². The Morgan fingerprint density at radius 1 is 1.33 bits per heavy atom. The van der Waals surface area contributed by atoms with Crippen molar-refractivity contribution in [2.45, 2.75) is 17.6 Å². The van der Waals surface area contributed by atoms with E-state index in [1.54, 1.807) is 24.3 Å². The molecule has 2 heterocycles. The van der Waals surface area contributed by atoms with Gasteiger partial charge in [0.05, 0.1) is 11.9 Å². The number of thiophene rings is 1. The standard InChI is InChI=1S/C14H17N3O2S2/c1-3-9-15-13-7-5-11(10-16-13)17-21(18,19)14-8-6-12(4-2)20-14/h3,5-8,10,17H,1,4,9H2,2H3,(H,15,16). The summed E-state index contributed by atoms with van der Waals surface area (Å²) in [5, 5.41) is 3.02. The number of hydrogen-bond acceptors (Lipinski definition) is 5. The summed E-state index contributed by atoms with van der Waals surface area (Å²) in [5.74, 6) is 0.669. The molecule has 0 aliphatic carbocycles. The number of anilines is 2. The lowest BCUT2D eigenvalue weighted by molar-refractivity contribution is 0.603. The molecule has 0 spiro atoms. The van der Waals surface area contributed by atoms with Gasteiger partial charge in [-0.05, 0) is 30.7 Å². The summed E-state index contributed by atoms with van der Waals surface area (Å²) in [6, 6.07) is 6.84. The zero-order valence-corrected chi connectivity index (χ0v) is 13.3. The lowest BCUT2D eigenvalue weighted by Gasteiger charge is -2.07. The van der Waals surface area contributed by atoms with Crippen LogP contribution >= 0.6 is 11.3 Å². The van der Waals surface area contributed by atoms with Gasteiger partial charge >= 0.3 is 0 Å². The maximum Gasteiger partial charge on any atom is 0.271 e. The third kappa shape index (κ3) is 4.05. The van der Waals surface area contributed by atoms with E-state index >= 15 is 0 Å². The molecule has 2 N–H and O–H groups in total. The van der Waals surface area contributed by atoms with E-state index in [0.717, 1.165) is 11.3 Å². The summed E-state index contributed by atoms with van der Waals surface area (Å²) in [7, 11) is -3.54. The lowest BCUT2D eigenvalue weighted by Crippen LogP contribution is -2.11. The molecule has 21 heavy (non-hydrogen) atoms. The van der Waals surface area contributed by atoms with Gasteiger partial charge < -0.3 is 5.32 Å². The fraction of sp³-hybridized carbons (Fsp3) is 0.214. The zero-order chi connectivity index (χ0) is 15.3. The average molecular weight is 323 g/mol. The highest BCUT2D eigenvalue weighted by atomic mass is 32.2. The quantitative estimate of drug-likeness (QED) is 0.768. The Bertz CT molecular complexity index is 706. The molecule has 0 saturated carbocycles.